The summed E-state index contributed by atoms with van der Waals surface area (Å²) in [7, 11) is 1.39. The number of methoxy groups -OCH3 is 1. The van der Waals surface area contributed by atoms with E-state index in [2.05, 4.69) is 51.6 Å². The molecule has 0 atom stereocenters. The zero-order valence-electron chi connectivity index (χ0n) is 12.6. The van der Waals surface area contributed by atoms with E-state index in [0.717, 1.165) is 4.90 Å². The number of hydrogen-bond donors (Lipinski definition) is 0. The summed E-state index contributed by atoms with van der Waals surface area (Å²) in [6.45, 7) is 10.2. The van der Waals surface area contributed by atoms with E-state index in [1.165, 1.54) is 24.4 Å². The number of thioether (sulfide) groups is 1. The summed E-state index contributed by atoms with van der Waals surface area (Å²) < 4.78 is 4.75. The van der Waals surface area contributed by atoms with E-state index in [-0.39, 0.29) is 11.4 Å². The third kappa shape index (κ3) is 4.89. The second-order valence-electron chi connectivity index (χ2n) is 5.52. The van der Waals surface area contributed by atoms with Gasteiger partial charge in [0.25, 0.3) is 0 Å². The standard InChI is InChI=1S/C17H22O2S/c1-6-7-13(16(18)19-5)12-20-15-10-8-14(9-11-15)17(2,3)4/h6,8-12H,1,7H2,2-5H3/b13-12-. The molecule has 0 heterocycles. The topological polar surface area (TPSA) is 26.3 Å². The number of rotatable bonds is 5. The van der Waals surface area contributed by atoms with Crippen molar-refractivity contribution in [2.45, 2.75) is 37.5 Å². The molecule has 0 radical (unpaired) electrons. The summed E-state index contributed by atoms with van der Waals surface area (Å²) in [5.41, 5.74) is 2.07. The Balaban J connectivity index is 2.82. The third-order valence-corrected chi connectivity index (χ3v) is 3.82. The minimum Gasteiger partial charge on any atom is -0.466 e. The highest BCUT2D eigenvalue weighted by atomic mass is 32.2. The fraction of sp³-hybridized carbons (Fsp3) is 0.353. The molecule has 108 valence electrons. The van der Waals surface area contributed by atoms with Crippen molar-refractivity contribution in [3.8, 4) is 0 Å². The maximum Gasteiger partial charge on any atom is 0.334 e. The van der Waals surface area contributed by atoms with Gasteiger partial charge in [0, 0.05) is 10.5 Å². The van der Waals surface area contributed by atoms with E-state index < -0.39 is 0 Å². The molecule has 0 unspecified atom stereocenters. The van der Waals surface area contributed by atoms with Crippen LogP contribution in [0, 0.1) is 0 Å². The summed E-state index contributed by atoms with van der Waals surface area (Å²) in [5, 5.41) is 1.83. The Morgan fingerprint density at radius 1 is 1.30 bits per heavy atom. The van der Waals surface area contributed by atoms with Crippen molar-refractivity contribution in [2.24, 2.45) is 0 Å². The van der Waals surface area contributed by atoms with E-state index in [1.807, 2.05) is 5.41 Å². The number of hydrogen-bond acceptors (Lipinski definition) is 3. The van der Waals surface area contributed by atoms with Crippen LogP contribution < -0.4 is 0 Å². The normalized spacial score (nSPS) is 12.1. The Bertz CT molecular complexity index is 493. The van der Waals surface area contributed by atoms with Crippen LogP contribution in [0.2, 0.25) is 0 Å². The van der Waals surface area contributed by atoms with Gasteiger partial charge >= 0.3 is 5.97 Å². The fourth-order valence-electron chi connectivity index (χ4n) is 1.64. The molecule has 0 fully saturated rings. The Labute approximate surface area is 125 Å². The highest BCUT2D eigenvalue weighted by molar-refractivity contribution is 8.02. The largest absolute Gasteiger partial charge is 0.466 e. The Hall–Kier alpha value is -1.48. The van der Waals surface area contributed by atoms with Crippen molar-refractivity contribution < 1.29 is 9.53 Å². The predicted octanol–water partition coefficient (Wildman–Crippen LogP) is 4.71. The van der Waals surface area contributed by atoms with Crippen LogP contribution in [0.5, 0.6) is 0 Å². The molecule has 0 saturated carbocycles. The lowest BCUT2D eigenvalue weighted by Crippen LogP contribution is -2.10. The molecule has 2 nitrogen and oxygen atoms in total. The average Bonchev–Trinajstić information content (AvgIpc) is 2.42. The average molecular weight is 290 g/mol. The summed E-state index contributed by atoms with van der Waals surface area (Å²) >= 11 is 1.52. The summed E-state index contributed by atoms with van der Waals surface area (Å²) in [6, 6.07) is 8.40. The van der Waals surface area contributed by atoms with Crippen LogP contribution in [-0.4, -0.2) is 13.1 Å². The Kier molecular flexibility index (Phi) is 6.08. The van der Waals surface area contributed by atoms with Crippen molar-refractivity contribution in [2.75, 3.05) is 7.11 Å². The van der Waals surface area contributed by atoms with E-state index in [9.17, 15) is 4.79 Å². The molecule has 0 aliphatic heterocycles. The van der Waals surface area contributed by atoms with E-state index in [1.54, 1.807) is 6.08 Å². The molecule has 0 aliphatic rings. The predicted molar refractivity (Wildman–Crippen MR) is 85.9 cm³/mol. The molecule has 0 N–H and O–H groups in total. The molecule has 1 aromatic carbocycles. The van der Waals surface area contributed by atoms with Gasteiger partial charge in [-0.1, -0.05) is 50.7 Å². The first-order valence-corrected chi connectivity index (χ1v) is 7.42. The quantitative estimate of drug-likeness (QED) is 0.340. The van der Waals surface area contributed by atoms with Crippen molar-refractivity contribution in [1.82, 2.24) is 0 Å². The maximum absolute atomic E-state index is 11.6. The zero-order valence-corrected chi connectivity index (χ0v) is 13.4. The summed E-state index contributed by atoms with van der Waals surface area (Å²) in [6.07, 6.45) is 2.21. The minimum absolute atomic E-state index is 0.152. The van der Waals surface area contributed by atoms with Gasteiger partial charge in [0.05, 0.1) is 7.11 Å². The van der Waals surface area contributed by atoms with Crippen LogP contribution in [0.1, 0.15) is 32.8 Å². The highest BCUT2D eigenvalue weighted by Gasteiger charge is 2.13. The number of ether oxygens (including phenoxy) is 1. The zero-order chi connectivity index (χ0) is 15.2. The molecule has 0 amide bonds. The van der Waals surface area contributed by atoms with Gasteiger partial charge in [0.15, 0.2) is 0 Å². The number of benzene rings is 1. The second-order valence-corrected chi connectivity index (χ2v) is 6.46. The van der Waals surface area contributed by atoms with Crippen LogP contribution in [0.15, 0.2) is 52.8 Å². The van der Waals surface area contributed by atoms with Crippen LogP contribution in [0.25, 0.3) is 0 Å². The van der Waals surface area contributed by atoms with Crippen LogP contribution in [0.4, 0.5) is 0 Å². The minimum atomic E-state index is -0.302. The van der Waals surface area contributed by atoms with Crippen molar-refractivity contribution >= 4 is 17.7 Å². The fourth-order valence-corrected chi connectivity index (χ4v) is 2.40. The number of allylic oxidation sites excluding steroid dienone is 1. The van der Waals surface area contributed by atoms with Gasteiger partial charge < -0.3 is 4.74 Å². The lowest BCUT2D eigenvalue weighted by atomic mass is 9.87. The first-order chi connectivity index (χ1) is 9.38. The lowest BCUT2D eigenvalue weighted by molar-refractivity contribution is -0.136. The van der Waals surface area contributed by atoms with Gasteiger partial charge in [-0.15, -0.1) is 6.58 Å². The number of carbonyl (C=O) groups excluding carboxylic acids is 1. The van der Waals surface area contributed by atoms with Gasteiger partial charge in [0.2, 0.25) is 0 Å². The molecule has 0 saturated heterocycles. The summed E-state index contributed by atoms with van der Waals surface area (Å²) in [4.78, 5) is 12.7. The molecule has 20 heavy (non-hydrogen) atoms. The first-order valence-electron chi connectivity index (χ1n) is 6.54. The lowest BCUT2D eigenvalue weighted by Gasteiger charge is -2.18. The molecule has 0 aromatic heterocycles. The monoisotopic (exact) mass is 290 g/mol. The summed E-state index contributed by atoms with van der Waals surface area (Å²) in [5.74, 6) is -0.302. The third-order valence-electron chi connectivity index (χ3n) is 2.87. The van der Waals surface area contributed by atoms with Gasteiger partial charge in [-0.3, -0.25) is 0 Å². The molecular formula is C17H22O2S. The second kappa shape index (κ2) is 7.34. The van der Waals surface area contributed by atoms with E-state index >= 15 is 0 Å². The molecule has 1 rings (SSSR count). The highest BCUT2D eigenvalue weighted by Crippen LogP contribution is 2.27. The van der Waals surface area contributed by atoms with Crippen LogP contribution in [0.3, 0.4) is 0 Å². The van der Waals surface area contributed by atoms with Crippen molar-refractivity contribution in [3.05, 3.63) is 53.5 Å². The Morgan fingerprint density at radius 2 is 1.90 bits per heavy atom. The Morgan fingerprint density at radius 3 is 2.35 bits per heavy atom. The smallest absolute Gasteiger partial charge is 0.334 e. The van der Waals surface area contributed by atoms with Gasteiger partial charge in [-0.05, 0) is 34.9 Å². The SMILES string of the molecule is C=CC/C(=C/Sc1ccc(C(C)(C)C)cc1)C(=O)OC. The maximum atomic E-state index is 11.6. The van der Waals surface area contributed by atoms with E-state index in [4.69, 9.17) is 4.74 Å². The number of carbonyl (C=O) groups is 1. The van der Waals surface area contributed by atoms with Crippen molar-refractivity contribution in [1.29, 1.82) is 0 Å². The van der Waals surface area contributed by atoms with E-state index in [0.29, 0.717) is 12.0 Å². The van der Waals surface area contributed by atoms with Crippen LogP contribution >= 0.6 is 11.8 Å². The molecule has 0 bridgehead atoms. The number of esters is 1. The molecule has 0 aliphatic carbocycles. The van der Waals surface area contributed by atoms with Gasteiger partial charge in [-0.25, -0.2) is 4.79 Å². The first kappa shape index (κ1) is 16.6. The molecule has 0 spiro atoms. The molecule has 1 aromatic rings. The molecule has 3 heteroatoms. The molecular weight excluding hydrogens is 268 g/mol. The van der Waals surface area contributed by atoms with Crippen LogP contribution in [-0.2, 0) is 14.9 Å². The van der Waals surface area contributed by atoms with Crippen molar-refractivity contribution in [3.63, 3.8) is 0 Å². The van der Waals surface area contributed by atoms with Gasteiger partial charge in [0.1, 0.15) is 0 Å². The van der Waals surface area contributed by atoms with Gasteiger partial charge in [-0.2, -0.15) is 0 Å².